The molecular formula is C15H16N2O3S. The standard InChI is InChI=1S/C15H16N2O3S/c1-11-8-9-13(10-15(11)16-12(2)18)17-21(19,20)14-6-4-3-5-7-14/h3-10,17H,1-2H3,(H,16,18). The maximum absolute atomic E-state index is 12.2. The van der Waals surface area contributed by atoms with Crippen LogP contribution in [0.3, 0.4) is 0 Å². The van der Waals surface area contributed by atoms with Crippen LogP contribution in [0.2, 0.25) is 0 Å². The summed E-state index contributed by atoms with van der Waals surface area (Å²) in [5.41, 5.74) is 1.83. The molecule has 0 saturated heterocycles. The quantitative estimate of drug-likeness (QED) is 0.912. The van der Waals surface area contributed by atoms with Crippen molar-refractivity contribution in [2.45, 2.75) is 18.7 Å². The van der Waals surface area contributed by atoms with E-state index in [-0.39, 0.29) is 10.8 Å². The van der Waals surface area contributed by atoms with Crippen LogP contribution in [0.5, 0.6) is 0 Å². The van der Waals surface area contributed by atoms with Crippen molar-refractivity contribution in [2.75, 3.05) is 10.0 Å². The summed E-state index contributed by atoms with van der Waals surface area (Å²) < 4.78 is 26.9. The van der Waals surface area contributed by atoms with E-state index in [4.69, 9.17) is 0 Å². The third kappa shape index (κ3) is 3.82. The Kier molecular flexibility index (Phi) is 4.28. The Bertz CT molecular complexity index is 756. The molecule has 0 aromatic heterocycles. The van der Waals surface area contributed by atoms with Crippen molar-refractivity contribution >= 4 is 27.3 Å². The number of hydrogen-bond acceptors (Lipinski definition) is 3. The van der Waals surface area contributed by atoms with Crippen LogP contribution in [-0.4, -0.2) is 14.3 Å². The fourth-order valence-corrected chi connectivity index (χ4v) is 2.89. The molecule has 0 aliphatic rings. The van der Waals surface area contributed by atoms with Crippen molar-refractivity contribution < 1.29 is 13.2 Å². The second kappa shape index (κ2) is 5.97. The predicted octanol–water partition coefficient (Wildman–Crippen LogP) is 2.75. The highest BCUT2D eigenvalue weighted by Gasteiger charge is 2.14. The molecule has 0 saturated carbocycles. The van der Waals surface area contributed by atoms with Crippen LogP contribution in [0, 0.1) is 6.92 Å². The number of aryl methyl sites for hydroxylation is 1. The molecule has 5 nitrogen and oxygen atoms in total. The summed E-state index contributed by atoms with van der Waals surface area (Å²) in [6.07, 6.45) is 0. The lowest BCUT2D eigenvalue weighted by molar-refractivity contribution is -0.114. The number of hydrogen-bond donors (Lipinski definition) is 2. The zero-order valence-corrected chi connectivity index (χ0v) is 12.6. The van der Waals surface area contributed by atoms with Crippen LogP contribution >= 0.6 is 0 Å². The van der Waals surface area contributed by atoms with Crippen molar-refractivity contribution in [1.29, 1.82) is 0 Å². The van der Waals surface area contributed by atoms with Gasteiger partial charge in [0.1, 0.15) is 0 Å². The van der Waals surface area contributed by atoms with Gasteiger partial charge in [0, 0.05) is 12.6 Å². The average Bonchev–Trinajstić information content (AvgIpc) is 2.43. The number of rotatable bonds is 4. The van der Waals surface area contributed by atoms with E-state index in [1.165, 1.54) is 19.1 Å². The fraction of sp³-hybridized carbons (Fsp3) is 0.133. The smallest absolute Gasteiger partial charge is 0.261 e. The molecule has 0 unspecified atom stereocenters. The first-order chi connectivity index (χ1) is 9.88. The Hall–Kier alpha value is -2.34. The number of nitrogens with one attached hydrogen (secondary N) is 2. The first kappa shape index (κ1) is 15.1. The van der Waals surface area contributed by atoms with Crippen molar-refractivity contribution in [3.05, 3.63) is 54.1 Å². The summed E-state index contributed by atoms with van der Waals surface area (Å²) in [4.78, 5) is 11.3. The Labute approximate surface area is 124 Å². The van der Waals surface area contributed by atoms with E-state index in [0.717, 1.165) is 5.56 Å². The Morgan fingerprint density at radius 1 is 1.05 bits per heavy atom. The SMILES string of the molecule is CC(=O)Nc1cc(NS(=O)(=O)c2ccccc2)ccc1C. The molecule has 2 aromatic rings. The van der Waals surface area contributed by atoms with Gasteiger partial charge < -0.3 is 5.32 Å². The van der Waals surface area contributed by atoms with Gasteiger partial charge in [-0.3, -0.25) is 9.52 Å². The molecule has 110 valence electrons. The van der Waals surface area contributed by atoms with Gasteiger partial charge in [0.05, 0.1) is 10.6 Å². The van der Waals surface area contributed by atoms with Gasteiger partial charge >= 0.3 is 0 Å². The van der Waals surface area contributed by atoms with Crippen LogP contribution in [0.4, 0.5) is 11.4 Å². The van der Waals surface area contributed by atoms with Crippen LogP contribution in [0.1, 0.15) is 12.5 Å². The third-order valence-electron chi connectivity index (χ3n) is 2.85. The summed E-state index contributed by atoms with van der Waals surface area (Å²) in [5, 5.41) is 2.67. The zero-order chi connectivity index (χ0) is 15.5. The molecular weight excluding hydrogens is 288 g/mol. The van der Waals surface area contributed by atoms with Crippen LogP contribution in [0.15, 0.2) is 53.4 Å². The van der Waals surface area contributed by atoms with Crippen molar-refractivity contribution in [2.24, 2.45) is 0 Å². The van der Waals surface area contributed by atoms with E-state index in [1.807, 2.05) is 6.92 Å². The van der Waals surface area contributed by atoms with Crippen LogP contribution in [0.25, 0.3) is 0 Å². The maximum atomic E-state index is 12.2. The topological polar surface area (TPSA) is 75.3 Å². The van der Waals surface area contributed by atoms with Crippen molar-refractivity contribution in [1.82, 2.24) is 0 Å². The van der Waals surface area contributed by atoms with Gasteiger partial charge in [-0.1, -0.05) is 24.3 Å². The van der Waals surface area contributed by atoms with Gasteiger partial charge in [0.25, 0.3) is 10.0 Å². The molecule has 0 spiro atoms. The highest BCUT2D eigenvalue weighted by atomic mass is 32.2. The monoisotopic (exact) mass is 304 g/mol. The molecule has 6 heteroatoms. The van der Waals surface area contributed by atoms with Gasteiger partial charge in [-0.05, 0) is 36.8 Å². The molecule has 2 aromatic carbocycles. The molecule has 0 radical (unpaired) electrons. The molecule has 0 aliphatic heterocycles. The molecule has 2 rings (SSSR count). The summed E-state index contributed by atoms with van der Waals surface area (Å²) in [5.74, 6) is -0.207. The van der Waals surface area contributed by atoms with E-state index in [9.17, 15) is 13.2 Å². The minimum atomic E-state index is -3.63. The average molecular weight is 304 g/mol. The molecule has 0 fully saturated rings. The minimum Gasteiger partial charge on any atom is -0.326 e. The second-order valence-electron chi connectivity index (χ2n) is 4.63. The first-order valence-corrected chi connectivity index (χ1v) is 7.83. The number of anilines is 2. The summed E-state index contributed by atoms with van der Waals surface area (Å²) >= 11 is 0. The zero-order valence-electron chi connectivity index (χ0n) is 11.8. The lowest BCUT2D eigenvalue weighted by Crippen LogP contribution is -2.13. The van der Waals surface area contributed by atoms with Crippen molar-refractivity contribution in [3.63, 3.8) is 0 Å². The highest BCUT2D eigenvalue weighted by molar-refractivity contribution is 7.92. The van der Waals surface area contributed by atoms with Crippen molar-refractivity contribution in [3.8, 4) is 0 Å². The molecule has 0 heterocycles. The molecule has 0 atom stereocenters. The largest absolute Gasteiger partial charge is 0.326 e. The minimum absolute atomic E-state index is 0.187. The maximum Gasteiger partial charge on any atom is 0.261 e. The number of benzene rings is 2. The molecule has 1 amide bonds. The first-order valence-electron chi connectivity index (χ1n) is 6.34. The van der Waals surface area contributed by atoms with Gasteiger partial charge in [0.2, 0.25) is 5.91 Å². The number of amides is 1. The highest BCUT2D eigenvalue weighted by Crippen LogP contribution is 2.22. The normalized spacial score (nSPS) is 11.0. The molecule has 0 bridgehead atoms. The van der Waals surface area contributed by atoms with E-state index in [1.54, 1.807) is 36.4 Å². The molecule has 0 aliphatic carbocycles. The number of sulfonamides is 1. The van der Waals surface area contributed by atoms with E-state index >= 15 is 0 Å². The van der Waals surface area contributed by atoms with E-state index < -0.39 is 10.0 Å². The summed E-state index contributed by atoms with van der Waals surface area (Å²) in [6.45, 7) is 3.24. The third-order valence-corrected chi connectivity index (χ3v) is 4.25. The van der Waals surface area contributed by atoms with Gasteiger partial charge in [0.15, 0.2) is 0 Å². The Balaban J connectivity index is 2.30. The van der Waals surface area contributed by atoms with Gasteiger partial charge in [-0.25, -0.2) is 8.42 Å². The van der Waals surface area contributed by atoms with Crippen LogP contribution < -0.4 is 10.0 Å². The van der Waals surface area contributed by atoms with Gasteiger partial charge in [-0.2, -0.15) is 0 Å². The molecule has 21 heavy (non-hydrogen) atoms. The van der Waals surface area contributed by atoms with E-state index in [0.29, 0.717) is 11.4 Å². The fourth-order valence-electron chi connectivity index (χ4n) is 1.82. The summed E-state index contributed by atoms with van der Waals surface area (Å²) in [7, 11) is -3.63. The lowest BCUT2D eigenvalue weighted by atomic mass is 10.2. The Morgan fingerprint density at radius 3 is 2.33 bits per heavy atom. The predicted molar refractivity (Wildman–Crippen MR) is 82.7 cm³/mol. The Morgan fingerprint density at radius 2 is 1.71 bits per heavy atom. The number of carbonyl (C=O) groups excluding carboxylic acids is 1. The lowest BCUT2D eigenvalue weighted by Gasteiger charge is -2.11. The van der Waals surface area contributed by atoms with E-state index in [2.05, 4.69) is 10.0 Å². The number of carbonyl (C=O) groups is 1. The summed E-state index contributed by atoms with van der Waals surface area (Å²) in [6, 6.07) is 13.1. The molecule has 2 N–H and O–H groups in total. The van der Waals surface area contributed by atoms with Gasteiger partial charge in [-0.15, -0.1) is 0 Å². The second-order valence-corrected chi connectivity index (χ2v) is 6.31. The van der Waals surface area contributed by atoms with Crippen LogP contribution in [-0.2, 0) is 14.8 Å².